The normalized spacial score (nSPS) is 27.9. The first-order valence-electron chi connectivity index (χ1n) is 20.3. The van der Waals surface area contributed by atoms with Gasteiger partial charge in [0.15, 0.2) is 16.6 Å². The van der Waals surface area contributed by atoms with Gasteiger partial charge in [0, 0.05) is 13.5 Å². The molecule has 3 rings (SSSR count). The molecule has 0 heterocycles. The van der Waals surface area contributed by atoms with Gasteiger partial charge in [-0.25, -0.2) is 0 Å². The van der Waals surface area contributed by atoms with Gasteiger partial charge in [-0.15, -0.1) is 0 Å². The Bertz CT molecular complexity index is 1230. The smallest absolute Gasteiger partial charge is 0.192 e. The van der Waals surface area contributed by atoms with Crippen LogP contribution in [-0.2, 0) is 18.3 Å². The lowest BCUT2D eigenvalue weighted by Crippen LogP contribution is -2.49. The number of allylic oxidation sites excluding steroid dienone is 5. The van der Waals surface area contributed by atoms with Crippen molar-refractivity contribution in [1.29, 1.82) is 0 Å². The van der Waals surface area contributed by atoms with Gasteiger partial charge < -0.3 is 18.3 Å². The van der Waals surface area contributed by atoms with Crippen LogP contribution in [0.4, 0.5) is 0 Å². The van der Waals surface area contributed by atoms with E-state index in [1.54, 1.807) is 18.3 Å². The van der Waals surface area contributed by atoms with Gasteiger partial charge in [0.25, 0.3) is 0 Å². The molecule has 0 unspecified atom stereocenters. The highest BCUT2D eigenvalue weighted by Crippen LogP contribution is 2.58. The molecule has 288 valence electrons. The largest absolute Gasteiger partial charge is 0.413 e. The summed E-state index contributed by atoms with van der Waals surface area (Å²) in [5.74, 6) is 1.27. The highest BCUT2D eigenvalue weighted by atomic mass is 28.4. The van der Waals surface area contributed by atoms with Crippen molar-refractivity contribution in [2.24, 2.45) is 17.3 Å². The molecule has 0 bridgehead atoms. The monoisotopic (exact) mass is 729 g/mol. The molecule has 6 heteroatoms. The van der Waals surface area contributed by atoms with Crippen molar-refractivity contribution in [2.75, 3.05) is 13.9 Å². The lowest BCUT2D eigenvalue weighted by molar-refractivity contribution is -0.118. The lowest BCUT2D eigenvalue weighted by atomic mass is 9.61. The summed E-state index contributed by atoms with van der Waals surface area (Å²) in [4.78, 5) is 0. The molecule has 0 aromatic heterocycles. The summed E-state index contributed by atoms with van der Waals surface area (Å²) in [5, 5.41) is 0.320. The Kier molecular flexibility index (Phi) is 15.0. The first-order chi connectivity index (χ1) is 23.0. The van der Waals surface area contributed by atoms with E-state index >= 15 is 0 Å². The molecule has 2 saturated carbocycles. The SMILES string of the molecule is C=C1/C(=C\C=C2/CCC[C@]3(C)C([C@@H](CCCC)CCCC(C)(C)OCOC)=CC[C@@H]23)C[C@@H](O[Si](C)(C)C(C)(C)C)C[C@@H]1O[Si](C)(C)C(C)(C)C. The molecule has 0 aromatic carbocycles. The van der Waals surface area contributed by atoms with Crippen LogP contribution < -0.4 is 0 Å². The topological polar surface area (TPSA) is 36.9 Å². The zero-order valence-electron chi connectivity index (χ0n) is 35.6. The summed E-state index contributed by atoms with van der Waals surface area (Å²) >= 11 is 0. The molecule has 0 spiro atoms. The standard InChI is InChI=1S/C44H80O4Si2/c1-17-18-21-34(22-19-28-43(9,10)46-32-45-12)38-26-27-39-35(23-20-29-44(38,39)11)24-25-36-30-37(47-49(13,14)41(3,4)5)31-40(33(36)2)48-50(15,16)42(6,7)8/h24-26,34,37,39-40H,2,17-23,27-32H2,1,3-16H3/b35-24+,36-25-/t34-,37+,39-,40-,44+/m0/s1. The highest BCUT2D eigenvalue weighted by molar-refractivity contribution is 6.74. The Morgan fingerprint density at radius 3 is 2.16 bits per heavy atom. The second-order valence-electron chi connectivity index (χ2n) is 20.0. The van der Waals surface area contributed by atoms with Crippen molar-refractivity contribution in [3.8, 4) is 0 Å². The Balaban J connectivity index is 1.87. The third kappa shape index (κ3) is 10.9. The number of ether oxygens (including phenoxy) is 2. The van der Waals surface area contributed by atoms with E-state index in [9.17, 15) is 0 Å². The van der Waals surface area contributed by atoms with Crippen LogP contribution in [0.1, 0.15) is 146 Å². The quantitative estimate of drug-likeness (QED) is 0.0901. The van der Waals surface area contributed by atoms with Crippen LogP contribution in [0, 0.1) is 17.3 Å². The molecule has 3 aliphatic carbocycles. The second-order valence-corrected chi connectivity index (χ2v) is 29.5. The van der Waals surface area contributed by atoms with Gasteiger partial charge in [0.2, 0.25) is 0 Å². The molecule has 0 aliphatic heterocycles. The summed E-state index contributed by atoms with van der Waals surface area (Å²) < 4.78 is 25.5. The Morgan fingerprint density at radius 2 is 1.56 bits per heavy atom. The molecule has 2 fully saturated rings. The Labute approximate surface area is 312 Å². The molecule has 0 amide bonds. The summed E-state index contributed by atoms with van der Waals surface area (Å²) in [6, 6.07) is 0. The number of fused-ring (bicyclic) bond motifs is 1. The average molecular weight is 729 g/mol. The van der Waals surface area contributed by atoms with Crippen LogP contribution in [0.25, 0.3) is 0 Å². The van der Waals surface area contributed by atoms with Crippen LogP contribution in [0.2, 0.25) is 36.3 Å². The van der Waals surface area contributed by atoms with Crippen LogP contribution in [0.5, 0.6) is 0 Å². The van der Waals surface area contributed by atoms with E-state index in [2.05, 4.69) is 114 Å². The zero-order valence-corrected chi connectivity index (χ0v) is 37.6. The van der Waals surface area contributed by atoms with Gasteiger partial charge >= 0.3 is 0 Å². The third-order valence-corrected chi connectivity index (χ3v) is 22.6. The fourth-order valence-electron chi connectivity index (χ4n) is 8.22. The Hall–Kier alpha value is -0.766. The number of unbranched alkanes of at least 4 members (excludes halogenated alkanes) is 1. The number of hydrogen-bond donors (Lipinski definition) is 0. The molecular weight excluding hydrogens is 649 g/mol. The van der Waals surface area contributed by atoms with Crippen molar-refractivity contribution < 1.29 is 18.3 Å². The van der Waals surface area contributed by atoms with Crippen LogP contribution >= 0.6 is 0 Å². The highest BCUT2D eigenvalue weighted by Gasteiger charge is 2.47. The minimum absolute atomic E-state index is 0.0182. The second kappa shape index (κ2) is 17.1. The van der Waals surface area contributed by atoms with E-state index < -0.39 is 16.6 Å². The van der Waals surface area contributed by atoms with E-state index in [1.165, 1.54) is 68.9 Å². The molecule has 0 radical (unpaired) electrons. The van der Waals surface area contributed by atoms with Gasteiger partial charge in [-0.2, -0.15) is 0 Å². The van der Waals surface area contributed by atoms with Gasteiger partial charge in [0.05, 0.1) is 17.8 Å². The zero-order chi connectivity index (χ0) is 37.8. The molecule has 50 heavy (non-hydrogen) atoms. The van der Waals surface area contributed by atoms with Crippen molar-refractivity contribution in [2.45, 2.75) is 200 Å². The van der Waals surface area contributed by atoms with Crippen LogP contribution in [0.3, 0.4) is 0 Å². The average Bonchev–Trinajstić information content (AvgIpc) is 3.34. The summed E-state index contributed by atoms with van der Waals surface area (Å²) in [7, 11) is -2.23. The van der Waals surface area contributed by atoms with E-state index in [1.807, 2.05) is 0 Å². The number of methoxy groups -OCH3 is 1. The first-order valence-corrected chi connectivity index (χ1v) is 26.1. The van der Waals surface area contributed by atoms with E-state index in [4.69, 9.17) is 24.9 Å². The number of rotatable bonds is 16. The van der Waals surface area contributed by atoms with Crippen LogP contribution in [-0.4, -0.2) is 48.3 Å². The molecule has 0 aromatic rings. The predicted molar refractivity (Wildman–Crippen MR) is 221 cm³/mol. The van der Waals surface area contributed by atoms with E-state index in [0.29, 0.717) is 18.6 Å². The molecule has 0 N–H and O–H groups in total. The number of hydrogen-bond acceptors (Lipinski definition) is 4. The van der Waals surface area contributed by atoms with Crippen molar-refractivity contribution in [3.63, 3.8) is 0 Å². The van der Waals surface area contributed by atoms with Crippen molar-refractivity contribution in [1.82, 2.24) is 0 Å². The maximum atomic E-state index is 7.13. The van der Waals surface area contributed by atoms with Gasteiger partial charge in [-0.3, -0.25) is 0 Å². The minimum atomic E-state index is -1.99. The molecule has 4 nitrogen and oxygen atoms in total. The van der Waals surface area contributed by atoms with Gasteiger partial charge in [-0.1, -0.05) is 111 Å². The van der Waals surface area contributed by atoms with Gasteiger partial charge in [-0.05, 0) is 130 Å². The molecule has 5 atom stereocenters. The van der Waals surface area contributed by atoms with Crippen LogP contribution in [0.15, 0.2) is 47.1 Å². The summed E-state index contributed by atoms with van der Waals surface area (Å²) in [5.41, 5.74) is 6.04. The fourth-order valence-corrected chi connectivity index (χ4v) is 10.9. The maximum Gasteiger partial charge on any atom is 0.192 e. The third-order valence-electron chi connectivity index (χ3n) is 13.6. The lowest BCUT2D eigenvalue weighted by Gasteiger charge is -2.45. The molecule has 0 saturated heterocycles. The predicted octanol–water partition coefficient (Wildman–Crippen LogP) is 13.5. The van der Waals surface area contributed by atoms with Crippen molar-refractivity contribution in [3.05, 3.63) is 47.1 Å². The Morgan fingerprint density at radius 1 is 0.940 bits per heavy atom. The fraction of sp³-hybridized carbons (Fsp3) is 0.818. The van der Waals surface area contributed by atoms with Gasteiger partial charge in [0.1, 0.15) is 6.79 Å². The maximum absolute atomic E-state index is 7.13. The first kappa shape index (κ1) is 43.6. The summed E-state index contributed by atoms with van der Waals surface area (Å²) in [6.45, 7) is 38.0. The molecule has 3 aliphatic rings. The van der Waals surface area contributed by atoms with E-state index in [-0.39, 0.29) is 33.3 Å². The van der Waals surface area contributed by atoms with Crippen molar-refractivity contribution >= 4 is 16.6 Å². The van der Waals surface area contributed by atoms with E-state index in [0.717, 1.165) is 19.3 Å². The molecular formula is C44H80O4Si2. The summed E-state index contributed by atoms with van der Waals surface area (Å²) in [6.07, 6.45) is 22.0. The minimum Gasteiger partial charge on any atom is -0.413 e.